The maximum Gasteiger partial charge on any atom is 0.240 e. The SMILES string of the molecule is COC1CN(CCCOc2ccc3c(Oc4ccc(NC(=O)C5(C(=O)Nc6ccc(F)cc6)C(C)C5C)cc4F)ncnc3c2)CCO1. The number of carbonyl (C=O) groups excluding carboxylic acids is 2. The molecule has 11 nitrogen and oxygen atoms in total. The van der Waals surface area contributed by atoms with Crippen molar-refractivity contribution in [2.24, 2.45) is 17.3 Å². The van der Waals surface area contributed by atoms with Crippen molar-refractivity contribution in [3.63, 3.8) is 0 Å². The molecular weight excluding hydrogens is 624 g/mol. The molecule has 2 amide bonds. The van der Waals surface area contributed by atoms with Gasteiger partial charge < -0.3 is 29.6 Å². The Morgan fingerprint density at radius 1 is 0.979 bits per heavy atom. The van der Waals surface area contributed by atoms with Crippen molar-refractivity contribution in [2.45, 2.75) is 26.6 Å². The third kappa shape index (κ3) is 6.93. The summed E-state index contributed by atoms with van der Waals surface area (Å²) in [6.45, 7) is 7.19. The van der Waals surface area contributed by atoms with E-state index in [0.717, 1.165) is 32.1 Å². The molecule has 3 atom stereocenters. The number of fused-ring (bicyclic) bond motifs is 1. The van der Waals surface area contributed by atoms with Gasteiger partial charge in [-0.1, -0.05) is 13.8 Å². The van der Waals surface area contributed by atoms with E-state index in [4.69, 9.17) is 18.9 Å². The van der Waals surface area contributed by atoms with Crippen LogP contribution in [0.15, 0.2) is 67.0 Å². The molecule has 4 aromatic rings. The van der Waals surface area contributed by atoms with Gasteiger partial charge in [0.05, 0.1) is 24.1 Å². The number of hydrogen-bond acceptors (Lipinski definition) is 9. The maximum absolute atomic E-state index is 15.3. The van der Waals surface area contributed by atoms with Crippen LogP contribution in [0.3, 0.4) is 0 Å². The Hall–Kier alpha value is -4.72. The van der Waals surface area contributed by atoms with Crippen molar-refractivity contribution in [3.05, 3.63) is 78.6 Å². The molecule has 2 heterocycles. The first-order valence-electron chi connectivity index (χ1n) is 15.8. The number of anilines is 2. The van der Waals surface area contributed by atoms with Gasteiger partial charge in [-0.05, 0) is 66.8 Å². The van der Waals surface area contributed by atoms with Crippen molar-refractivity contribution in [2.75, 3.05) is 50.6 Å². The van der Waals surface area contributed by atoms with Gasteiger partial charge in [0.15, 0.2) is 17.9 Å². The number of benzene rings is 3. The van der Waals surface area contributed by atoms with Crippen LogP contribution < -0.4 is 20.1 Å². The molecule has 2 fully saturated rings. The number of carbonyl (C=O) groups is 2. The fourth-order valence-electron chi connectivity index (χ4n) is 6.15. The Kier molecular flexibility index (Phi) is 9.81. The monoisotopic (exact) mass is 661 g/mol. The van der Waals surface area contributed by atoms with Gasteiger partial charge >= 0.3 is 0 Å². The zero-order valence-corrected chi connectivity index (χ0v) is 26.9. The summed E-state index contributed by atoms with van der Waals surface area (Å²) >= 11 is 0. The molecule has 252 valence electrons. The summed E-state index contributed by atoms with van der Waals surface area (Å²) < 4.78 is 51.2. The van der Waals surface area contributed by atoms with Crippen molar-refractivity contribution in [3.8, 4) is 17.4 Å². The number of morpholine rings is 1. The largest absolute Gasteiger partial charge is 0.493 e. The minimum absolute atomic E-state index is 0.107. The van der Waals surface area contributed by atoms with E-state index in [-0.39, 0.29) is 35.4 Å². The van der Waals surface area contributed by atoms with Crippen molar-refractivity contribution in [1.82, 2.24) is 14.9 Å². The quantitative estimate of drug-likeness (QED) is 0.147. The first-order chi connectivity index (χ1) is 23.2. The third-order valence-electron chi connectivity index (χ3n) is 9.17. The second-order valence-corrected chi connectivity index (χ2v) is 12.0. The topological polar surface area (TPSA) is 124 Å². The molecule has 2 N–H and O–H groups in total. The molecule has 1 aliphatic carbocycles. The van der Waals surface area contributed by atoms with Crippen LogP contribution in [0.25, 0.3) is 10.9 Å². The molecule has 1 saturated carbocycles. The lowest BCUT2D eigenvalue weighted by atomic mass is 9.99. The van der Waals surface area contributed by atoms with Gasteiger partial charge in [0, 0.05) is 50.3 Å². The average molecular weight is 662 g/mol. The number of aromatic nitrogens is 2. The molecular formula is C35H37F2N5O6. The number of halogens is 2. The predicted molar refractivity (Wildman–Crippen MR) is 174 cm³/mol. The number of amides is 2. The van der Waals surface area contributed by atoms with E-state index in [1.165, 1.54) is 42.7 Å². The Morgan fingerprint density at radius 3 is 2.42 bits per heavy atom. The first kappa shape index (κ1) is 33.2. The second kappa shape index (κ2) is 14.2. The van der Waals surface area contributed by atoms with Gasteiger partial charge in [0.25, 0.3) is 0 Å². The molecule has 6 rings (SSSR count). The zero-order chi connectivity index (χ0) is 33.8. The summed E-state index contributed by atoms with van der Waals surface area (Å²) in [7, 11) is 1.64. The highest BCUT2D eigenvalue weighted by Crippen LogP contribution is 2.59. The molecule has 3 unspecified atom stereocenters. The molecule has 0 spiro atoms. The Morgan fingerprint density at radius 2 is 1.71 bits per heavy atom. The van der Waals surface area contributed by atoms with Crippen LogP contribution in [0, 0.1) is 28.9 Å². The number of ether oxygens (including phenoxy) is 4. The summed E-state index contributed by atoms with van der Waals surface area (Å²) in [6.07, 6.45) is 1.95. The summed E-state index contributed by atoms with van der Waals surface area (Å²) in [5, 5.41) is 5.95. The highest BCUT2D eigenvalue weighted by atomic mass is 19.1. The minimum atomic E-state index is -1.36. The van der Waals surface area contributed by atoms with Crippen LogP contribution in [0.5, 0.6) is 17.4 Å². The summed E-state index contributed by atoms with van der Waals surface area (Å²) in [5.41, 5.74) is -0.269. The first-order valence-corrected chi connectivity index (χ1v) is 15.8. The Balaban J connectivity index is 1.07. The maximum atomic E-state index is 15.3. The van der Waals surface area contributed by atoms with Crippen LogP contribution in [-0.2, 0) is 19.1 Å². The fraction of sp³-hybridized carbons (Fsp3) is 0.371. The molecule has 1 saturated heterocycles. The van der Waals surface area contributed by atoms with E-state index in [0.29, 0.717) is 35.6 Å². The van der Waals surface area contributed by atoms with Gasteiger partial charge in [-0.25, -0.2) is 18.7 Å². The predicted octanol–water partition coefficient (Wildman–Crippen LogP) is 5.62. The van der Waals surface area contributed by atoms with E-state index < -0.39 is 28.9 Å². The minimum Gasteiger partial charge on any atom is -0.493 e. The number of hydrogen-bond donors (Lipinski definition) is 2. The van der Waals surface area contributed by atoms with Crippen LogP contribution in [0.2, 0.25) is 0 Å². The third-order valence-corrected chi connectivity index (χ3v) is 9.17. The molecule has 48 heavy (non-hydrogen) atoms. The highest BCUT2D eigenvalue weighted by Gasteiger charge is 2.69. The highest BCUT2D eigenvalue weighted by molar-refractivity contribution is 6.17. The standard InChI is InChI=1S/C35H37F2N5O6/c1-21-22(2)35(21,33(43)40-24-7-5-23(36)6-8-24)34(44)41-25-9-12-30(28(37)17-25)48-32-27-11-10-26(18-29(27)38-20-39-32)46-15-4-13-42-14-16-47-31(19-42)45-3/h5-12,17-18,20-22,31H,4,13-16,19H2,1-3H3,(H,40,43)(H,41,44). The lowest BCUT2D eigenvalue weighted by Gasteiger charge is -2.31. The molecule has 1 aromatic heterocycles. The lowest BCUT2D eigenvalue weighted by molar-refractivity contribution is -0.164. The van der Waals surface area contributed by atoms with Gasteiger partial charge in [-0.3, -0.25) is 14.5 Å². The van der Waals surface area contributed by atoms with Crippen LogP contribution in [0.1, 0.15) is 20.3 Å². The second-order valence-electron chi connectivity index (χ2n) is 12.0. The summed E-state index contributed by atoms with van der Waals surface area (Å²) in [6, 6.07) is 14.6. The smallest absolute Gasteiger partial charge is 0.240 e. The molecule has 3 aromatic carbocycles. The van der Waals surface area contributed by atoms with Crippen molar-refractivity contribution >= 4 is 34.1 Å². The van der Waals surface area contributed by atoms with Gasteiger partial charge in [-0.2, -0.15) is 0 Å². The Bertz CT molecular complexity index is 1780. The van der Waals surface area contributed by atoms with E-state index in [1.54, 1.807) is 39.2 Å². The van der Waals surface area contributed by atoms with Crippen molar-refractivity contribution in [1.29, 1.82) is 0 Å². The van der Waals surface area contributed by atoms with Gasteiger partial charge in [-0.15, -0.1) is 0 Å². The van der Waals surface area contributed by atoms with Gasteiger partial charge in [0.2, 0.25) is 17.7 Å². The molecule has 2 aliphatic rings. The molecule has 13 heteroatoms. The molecule has 0 bridgehead atoms. The summed E-state index contributed by atoms with van der Waals surface area (Å²) in [4.78, 5) is 37.5. The molecule has 1 aliphatic heterocycles. The van der Waals surface area contributed by atoms with E-state index >= 15 is 4.39 Å². The normalized spacial score (nSPS) is 22.2. The van der Waals surface area contributed by atoms with Crippen LogP contribution in [-0.4, -0.2) is 72.9 Å². The number of methoxy groups -OCH3 is 1. The zero-order valence-electron chi connectivity index (χ0n) is 26.9. The van der Waals surface area contributed by atoms with E-state index in [1.807, 2.05) is 0 Å². The lowest BCUT2D eigenvalue weighted by Crippen LogP contribution is -2.43. The van der Waals surface area contributed by atoms with E-state index in [9.17, 15) is 14.0 Å². The van der Waals surface area contributed by atoms with E-state index in [2.05, 4.69) is 25.5 Å². The summed E-state index contributed by atoms with van der Waals surface area (Å²) in [5.74, 6) is -2.09. The van der Waals surface area contributed by atoms with Crippen molar-refractivity contribution < 1.29 is 37.3 Å². The average Bonchev–Trinajstić information content (AvgIpc) is 3.65. The van der Waals surface area contributed by atoms with Crippen LogP contribution >= 0.6 is 0 Å². The van der Waals surface area contributed by atoms with Crippen LogP contribution in [0.4, 0.5) is 20.2 Å². The number of nitrogens with one attached hydrogen (secondary N) is 2. The number of rotatable bonds is 12. The molecule has 0 radical (unpaired) electrons. The fourth-order valence-corrected chi connectivity index (χ4v) is 6.15. The van der Waals surface area contributed by atoms with Gasteiger partial charge in [0.1, 0.15) is 23.3 Å². The Labute approximate surface area is 276 Å². The number of nitrogens with zero attached hydrogens (tertiary/aromatic N) is 3.